The Bertz CT molecular complexity index is 471. The SMILES string of the molecule is NC(=O)C1(N)CCCC1CCSc1ncccc1Br. The maximum absolute atomic E-state index is 11.5. The summed E-state index contributed by atoms with van der Waals surface area (Å²) in [6, 6.07) is 3.87. The predicted octanol–water partition coefficient (Wildman–Crippen LogP) is 2.31. The number of amides is 1. The van der Waals surface area contributed by atoms with Gasteiger partial charge in [-0.05, 0) is 59.0 Å². The highest BCUT2D eigenvalue weighted by atomic mass is 79.9. The van der Waals surface area contributed by atoms with Gasteiger partial charge in [-0.3, -0.25) is 4.79 Å². The van der Waals surface area contributed by atoms with Crippen molar-refractivity contribution in [3.8, 4) is 0 Å². The smallest absolute Gasteiger partial charge is 0.237 e. The maximum atomic E-state index is 11.5. The van der Waals surface area contributed by atoms with Gasteiger partial charge in [-0.15, -0.1) is 11.8 Å². The Balaban J connectivity index is 1.89. The van der Waals surface area contributed by atoms with E-state index in [9.17, 15) is 4.79 Å². The Kier molecular flexibility index (Phi) is 4.86. The van der Waals surface area contributed by atoms with Gasteiger partial charge in [0.2, 0.25) is 5.91 Å². The van der Waals surface area contributed by atoms with Crippen LogP contribution in [0.4, 0.5) is 0 Å². The highest BCUT2D eigenvalue weighted by molar-refractivity contribution is 9.10. The van der Waals surface area contributed by atoms with Crippen LogP contribution in [-0.2, 0) is 4.79 Å². The van der Waals surface area contributed by atoms with Gasteiger partial charge in [0, 0.05) is 10.7 Å². The van der Waals surface area contributed by atoms with E-state index in [1.807, 2.05) is 12.1 Å². The quantitative estimate of drug-likeness (QED) is 0.803. The van der Waals surface area contributed by atoms with Crippen molar-refractivity contribution in [3.63, 3.8) is 0 Å². The van der Waals surface area contributed by atoms with Gasteiger partial charge in [-0.25, -0.2) is 4.98 Å². The van der Waals surface area contributed by atoms with Crippen LogP contribution in [0.25, 0.3) is 0 Å². The van der Waals surface area contributed by atoms with Gasteiger partial charge in [0.15, 0.2) is 0 Å². The highest BCUT2D eigenvalue weighted by Gasteiger charge is 2.43. The molecule has 1 aliphatic rings. The first-order valence-electron chi connectivity index (χ1n) is 6.36. The molecule has 2 atom stereocenters. The van der Waals surface area contributed by atoms with Crippen molar-refractivity contribution in [3.05, 3.63) is 22.8 Å². The van der Waals surface area contributed by atoms with E-state index >= 15 is 0 Å². The van der Waals surface area contributed by atoms with Crippen LogP contribution in [0.15, 0.2) is 27.8 Å². The van der Waals surface area contributed by atoms with Crippen molar-refractivity contribution in [2.24, 2.45) is 17.4 Å². The molecule has 4 N–H and O–H groups in total. The third-order valence-corrected chi connectivity index (χ3v) is 5.70. The largest absolute Gasteiger partial charge is 0.368 e. The number of nitrogens with zero attached hydrogens (tertiary/aromatic N) is 1. The van der Waals surface area contributed by atoms with Crippen LogP contribution in [0.3, 0.4) is 0 Å². The number of thioether (sulfide) groups is 1. The summed E-state index contributed by atoms with van der Waals surface area (Å²) in [6.45, 7) is 0. The average Bonchev–Trinajstić information content (AvgIpc) is 2.75. The van der Waals surface area contributed by atoms with Crippen LogP contribution in [0, 0.1) is 5.92 Å². The van der Waals surface area contributed by atoms with Crippen LogP contribution in [0.2, 0.25) is 0 Å². The van der Waals surface area contributed by atoms with Gasteiger partial charge in [0.05, 0.1) is 5.54 Å². The van der Waals surface area contributed by atoms with Crippen LogP contribution in [0.5, 0.6) is 0 Å². The summed E-state index contributed by atoms with van der Waals surface area (Å²) in [7, 11) is 0. The summed E-state index contributed by atoms with van der Waals surface area (Å²) in [5.41, 5.74) is 10.8. The Morgan fingerprint density at radius 3 is 3.11 bits per heavy atom. The fraction of sp³-hybridized carbons (Fsp3) is 0.538. The molecule has 1 aliphatic carbocycles. The number of aromatic nitrogens is 1. The summed E-state index contributed by atoms with van der Waals surface area (Å²) in [6.07, 6.45) is 5.36. The summed E-state index contributed by atoms with van der Waals surface area (Å²) >= 11 is 5.15. The molecule has 4 nitrogen and oxygen atoms in total. The van der Waals surface area contributed by atoms with Crippen LogP contribution < -0.4 is 11.5 Å². The number of hydrogen-bond acceptors (Lipinski definition) is 4. The average molecular weight is 344 g/mol. The molecule has 19 heavy (non-hydrogen) atoms. The zero-order valence-corrected chi connectivity index (χ0v) is 13.0. The molecule has 0 bridgehead atoms. The van der Waals surface area contributed by atoms with Crippen LogP contribution in [-0.4, -0.2) is 22.2 Å². The molecule has 0 aliphatic heterocycles. The van der Waals surface area contributed by atoms with E-state index in [0.717, 1.165) is 34.5 Å². The van der Waals surface area contributed by atoms with Crippen molar-refractivity contribution in [1.29, 1.82) is 0 Å². The molecule has 2 rings (SSSR count). The highest BCUT2D eigenvalue weighted by Crippen LogP contribution is 2.37. The Labute approximate surface area is 125 Å². The minimum atomic E-state index is -0.804. The Morgan fingerprint density at radius 1 is 1.63 bits per heavy atom. The number of carbonyl (C=O) groups excluding carboxylic acids is 1. The number of rotatable bonds is 5. The van der Waals surface area contributed by atoms with Crippen LogP contribution in [0.1, 0.15) is 25.7 Å². The van der Waals surface area contributed by atoms with Gasteiger partial charge in [-0.2, -0.15) is 0 Å². The zero-order chi connectivity index (χ0) is 13.9. The standard InChI is InChI=1S/C13H18BrN3OS/c14-10-4-2-7-17-11(10)19-8-5-9-3-1-6-13(9,16)12(15)18/h2,4,7,9H,1,3,5-6,8,16H2,(H2,15,18). The summed E-state index contributed by atoms with van der Waals surface area (Å²) < 4.78 is 1.00. The van der Waals surface area contributed by atoms with E-state index in [1.165, 1.54) is 0 Å². The van der Waals surface area contributed by atoms with Crippen molar-refractivity contribution in [2.45, 2.75) is 36.2 Å². The summed E-state index contributed by atoms with van der Waals surface area (Å²) in [5.74, 6) is 0.728. The van der Waals surface area contributed by atoms with E-state index in [0.29, 0.717) is 6.42 Å². The second-order valence-corrected chi connectivity index (χ2v) is 6.86. The van der Waals surface area contributed by atoms with Crippen molar-refractivity contribution < 1.29 is 4.79 Å². The lowest BCUT2D eigenvalue weighted by atomic mass is 9.85. The first kappa shape index (κ1) is 14.8. The first-order valence-corrected chi connectivity index (χ1v) is 8.14. The molecular formula is C13H18BrN3OS. The van der Waals surface area contributed by atoms with E-state index in [-0.39, 0.29) is 11.8 Å². The third kappa shape index (κ3) is 3.30. The third-order valence-electron chi connectivity index (χ3n) is 3.76. The van der Waals surface area contributed by atoms with Gasteiger partial charge < -0.3 is 11.5 Å². The molecule has 104 valence electrons. The summed E-state index contributed by atoms with van der Waals surface area (Å²) in [4.78, 5) is 15.8. The molecule has 6 heteroatoms. The predicted molar refractivity (Wildman–Crippen MR) is 80.7 cm³/mol. The van der Waals surface area contributed by atoms with E-state index < -0.39 is 5.54 Å². The molecule has 1 amide bonds. The number of halogens is 1. The van der Waals surface area contributed by atoms with Gasteiger partial charge >= 0.3 is 0 Å². The lowest BCUT2D eigenvalue weighted by Crippen LogP contribution is -2.54. The molecule has 1 fully saturated rings. The number of carbonyl (C=O) groups is 1. The fourth-order valence-electron chi connectivity index (χ4n) is 2.60. The van der Waals surface area contributed by atoms with Gasteiger partial charge in [0.1, 0.15) is 5.03 Å². The maximum Gasteiger partial charge on any atom is 0.237 e. The molecular weight excluding hydrogens is 326 g/mol. The number of nitrogens with two attached hydrogens (primary N) is 2. The number of primary amides is 1. The molecule has 0 spiro atoms. The monoisotopic (exact) mass is 343 g/mol. The van der Waals surface area contributed by atoms with E-state index in [2.05, 4.69) is 20.9 Å². The molecule has 0 radical (unpaired) electrons. The molecule has 0 aromatic carbocycles. The zero-order valence-electron chi connectivity index (χ0n) is 10.6. The topological polar surface area (TPSA) is 82.0 Å². The number of hydrogen-bond donors (Lipinski definition) is 2. The number of pyridine rings is 1. The van der Waals surface area contributed by atoms with Crippen molar-refractivity contribution in [1.82, 2.24) is 4.98 Å². The molecule has 1 aromatic heterocycles. The second-order valence-electron chi connectivity index (χ2n) is 4.92. The minimum absolute atomic E-state index is 0.194. The molecule has 0 saturated heterocycles. The first-order chi connectivity index (χ1) is 9.04. The van der Waals surface area contributed by atoms with E-state index in [4.69, 9.17) is 11.5 Å². The Morgan fingerprint density at radius 2 is 2.42 bits per heavy atom. The molecule has 1 aromatic rings. The van der Waals surface area contributed by atoms with Crippen LogP contribution >= 0.6 is 27.7 Å². The molecule has 2 unspecified atom stereocenters. The lowest BCUT2D eigenvalue weighted by molar-refractivity contribution is -0.124. The van der Waals surface area contributed by atoms with E-state index in [1.54, 1.807) is 18.0 Å². The normalized spacial score (nSPS) is 26.5. The van der Waals surface area contributed by atoms with Gasteiger partial charge in [-0.1, -0.05) is 6.42 Å². The molecule has 1 saturated carbocycles. The fourth-order valence-corrected chi connectivity index (χ4v) is 4.14. The van der Waals surface area contributed by atoms with Crippen molar-refractivity contribution in [2.75, 3.05) is 5.75 Å². The van der Waals surface area contributed by atoms with Gasteiger partial charge in [0.25, 0.3) is 0 Å². The molecule has 1 heterocycles. The minimum Gasteiger partial charge on any atom is -0.368 e. The Hall–Kier alpha value is -0.590. The van der Waals surface area contributed by atoms with Crippen molar-refractivity contribution >= 4 is 33.6 Å². The summed E-state index contributed by atoms with van der Waals surface area (Å²) in [5, 5.41) is 0.974. The second kappa shape index (κ2) is 6.24. The lowest BCUT2D eigenvalue weighted by Gasteiger charge is -2.27.